The van der Waals surface area contributed by atoms with E-state index in [4.69, 9.17) is 22.8 Å². The number of carbonyl (C=O) groups is 2. The Morgan fingerprint density at radius 1 is 0.945 bits per heavy atom. The molecule has 1 saturated heterocycles. The van der Waals surface area contributed by atoms with Crippen molar-refractivity contribution in [2.45, 2.75) is 69.8 Å². The highest BCUT2D eigenvalue weighted by Gasteiger charge is 2.64. The van der Waals surface area contributed by atoms with E-state index in [0.29, 0.717) is 5.56 Å². The second-order valence-electron chi connectivity index (χ2n) is 14.5. The van der Waals surface area contributed by atoms with Crippen LogP contribution in [0.25, 0.3) is 11.2 Å². The molecule has 0 spiro atoms. The fourth-order valence-corrected chi connectivity index (χ4v) is 12.7. The van der Waals surface area contributed by atoms with Crippen molar-refractivity contribution in [3.8, 4) is 0 Å². The Kier molecular flexibility index (Phi) is 11.4. The molecule has 2 aromatic heterocycles. The van der Waals surface area contributed by atoms with Gasteiger partial charge in [-0.2, -0.15) is 8.42 Å². The molecule has 3 aromatic carbocycles. The third-order valence-electron chi connectivity index (χ3n) is 9.80. The Morgan fingerprint density at radius 3 is 2.05 bits per heavy atom. The molecule has 1 aliphatic rings. The Labute approximate surface area is 321 Å². The molecule has 1 N–H and O–H groups in total. The van der Waals surface area contributed by atoms with Gasteiger partial charge in [-0.1, -0.05) is 99.6 Å². The van der Waals surface area contributed by atoms with Crippen LogP contribution in [0.5, 0.6) is 0 Å². The summed E-state index contributed by atoms with van der Waals surface area (Å²) in [7, 11) is -5.93. The Balaban J connectivity index is 1.49. The molecule has 0 saturated carbocycles. The van der Waals surface area contributed by atoms with E-state index in [-0.39, 0.29) is 23.6 Å². The second kappa shape index (κ2) is 15.7. The van der Waals surface area contributed by atoms with Crippen LogP contribution in [-0.4, -0.2) is 92.0 Å². The Morgan fingerprint density at radius 2 is 1.53 bits per heavy atom. The maximum Gasteiger partial charge on any atom is 0.303 e. The number of nitrogens with zero attached hydrogens (tertiary/aromatic N) is 4. The number of amides is 1. The zero-order valence-electron chi connectivity index (χ0n) is 31.7. The number of ether oxygens (including phenoxy) is 3. The predicted molar refractivity (Wildman–Crippen MR) is 208 cm³/mol. The van der Waals surface area contributed by atoms with E-state index in [1.54, 1.807) is 37.3 Å². The largest absolute Gasteiger partial charge is 0.455 e. The second-order valence-corrected chi connectivity index (χ2v) is 20.4. The van der Waals surface area contributed by atoms with Crippen LogP contribution in [0.3, 0.4) is 0 Å². The number of fused-ring (bicyclic) bond motifs is 1. The molecule has 55 heavy (non-hydrogen) atoms. The molecule has 3 heterocycles. The summed E-state index contributed by atoms with van der Waals surface area (Å²) in [4.78, 5) is 39.2. The fraction of sp³-hybridized carbons (Fsp3) is 0.359. The molecule has 1 fully saturated rings. The topological polar surface area (TPSA) is 170 Å². The van der Waals surface area contributed by atoms with E-state index in [1.165, 1.54) is 31.3 Å². The molecule has 14 nitrogen and oxygen atoms in total. The van der Waals surface area contributed by atoms with Crippen LogP contribution in [0.1, 0.15) is 51.2 Å². The van der Waals surface area contributed by atoms with Crippen molar-refractivity contribution in [1.29, 1.82) is 0 Å². The molecule has 1 aliphatic heterocycles. The smallest absolute Gasteiger partial charge is 0.303 e. The first-order valence-electron chi connectivity index (χ1n) is 17.7. The van der Waals surface area contributed by atoms with Gasteiger partial charge < -0.3 is 24.0 Å². The van der Waals surface area contributed by atoms with Crippen LogP contribution in [0.2, 0.25) is 5.04 Å². The lowest BCUT2D eigenvalue weighted by molar-refractivity contribution is -0.172. The van der Waals surface area contributed by atoms with Gasteiger partial charge in [-0.15, -0.1) is 0 Å². The number of hydrogen-bond donors (Lipinski definition) is 1. The lowest BCUT2D eigenvalue weighted by atomic mass is 9.90. The minimum Gasteiger partial charge on any atom is -0.455 e. The van der Waals surface area contributed by atoms with E-state index >= 15 is 0 Å². The SMILES string of the molecule is CO[C@H]1[C@@H](OC(C)=O)[C@H](n2cnc3c(NC(=O)c4ccccc4)ncnc32)O[C@@]1(CO[Si](c1ccccc1)(c1ccccc1)C(C)(C)C)[C@@H](C)OS(C)(=O)=O. The normalized spacial score (nSPS) is 21.0. The minimum atomic E-state index is -4.07. The average Bonchev–Trinajstić information content (AvgIpc) is 3.71. The highest BCUT2D eigenvalue weighted by molar-refractivity contribution is 7.86. The molecular weight excluding hydrogens is 743 g/mol. The van der Waals surface area contributed by atoms with Crippen LogP contribution in [0, 0.1) is 0 Å². The first-order valence-corrected chi connectivity index (χ1v) is 21.4. The first kappa shape index (κ1) is 39.8. The van der Waals surface area contributed by atoms with E-state index in [2.05, 4.69) is 41.0 Å². The number of benzene rings is 3. The summed E-state index contributed by atoms with van der Waals surface area (Å²) in [6.45, 7) is 8.90. The number of esters is 1. The van der Waals surface area contributed by atoms with Crippen LogP contribution < -0.4 is 15.7 Å². The van der Waals surface area contributed by atoms with Crippen LogP contribution in [0.4, 0.5) is 5.82 Å². The molecule has 5 atom stereocenters. The van der Waals surface area contributed by atoms with Gasteiger partial charge in [0.05, 0.1) is 19.2 Å². The number of imidazole rings is 1. The minimum absolute atomic E-state index is 0.137. The molecule has 0 unspecified atom stereocenters. The average molecular weight is 788 g/mol. The van der Waals surface area contributed by atoms with Crippen LogP contribution in [-0.2, 0) is 37.7 Å². The summed E-state index contributed by atoms with van der Waals surface area (Å²) in [5, 5.41) is 4.28. The summed E-state index contributed by atoms with van der Waals surface area (Å²) in [6, 6.07) is 28.5. The van der Waals surface area contributed by atoms with Crippen LogP contribution in [0.15, 0.2) is 104 Å². The molecule has 1 amide bonds. The van der Waals surface area contributed by atoms with E-state index in [1.807, 2.05) is 60.7 Å². The summed E-state index contributed by atoms with van der Waals surface area (Å²) < 4.78 is 59.3. The summed E-state index contributed by atoms with van der Waals surface area (Å²) >= 11 is 0. The zero-order valence-corrected chi connectivity index (χ0v) is 33.5. The van der Waals surface area contributed by atoms with Gasteiger partial charge in [0.25, 0.3) is 24.3 Å². The molecule has 6 rings (SSSR count). The lowest BCUT2D eigenvalue weighted by Gasteiger charge is -2.46. The molecule has 5 aromatic rings. The number of anilines is 1. The summed E-state index contributed by atoms with van der Waals surface area (Å²) in [5.41, 5.74) is -0.844. The van der Waals surface area contributed by atoms with Crippen molar-refractivity contribution in [2.24, 2.45) is 0 Å². The van der Waals surface area contributed by atoms with Gasteiger partial charge in [-0.3, -0.25) is 18.3 Å². The maximum atomic E-state index is 13.1. The zero-order chi connectivity index (χ0) is 39.6. The number of nitrogens with one attached hydrogen (secondary N) is 1. The van der Waals surface area contributed by atoms with Gasteiger partial charge >= 0.3 is 5.97 Å². The Bertz CT molecular complexity index is 2200. The standard InChI is InChI=1S/C39H45N5O9SSi/c1-26(53-54(7,47)48)39(23-50-55(38(3,4)5,29-19-13-9-14-20-29)30-21-15-10-16-22-30)33(49-6)32(51-27(2)45)37(52-39)44-25-42-31-34(40-24-41-35(31)44)43-36(46)28-17-11-8-12-18-28/h8-22,24-26,32-33,37H,23H2,1-7H3,(H,40,41,43,46)/t26-,32-,33+,37-,39+/m1/s1. The highest BCUT2D eigenvalue weighted by Crippen LogP contribution is 2.47. The van der Waals surface area contributed by atoms with Gasteiger partial charge in [0.15, 0.2) is 29.3 Å². The monoisotopic (exact) mass is 787 g/mol. The van der Waals surface area contributed by atoms with Crippen molar-refractivity contribution in [3.05, 3.63) is 109 Å². The van der Waals surface area contributed by atoms with Crippen molar-refractivity contribution >= 4 is 57.7 Å². The van der Waals surface area contributed by atoms with E-state index in [9.17, 15) is 18.0 Å². The van der Waals surface area contributed by atoms with Crippen molar-refractivity contribution in [3.63, 3.8) is 0 Å². The maximum absolute atomic E-state index is 13.1. The van der Waals surface area contributed by atoms with Gasteiger partial charge in [-0.25, -0.2) is 15.0 Å². The summed E-state index contributed by atoms with van der Waals surface area (Å²) in [5.74, 6) is -0.912. The van der Waals surface area contributed by atoms with Crippen molar-refractivity contribution < 1.29 is 40.8 Å². The van der Waals surface area contributed by atoms with E-state index < -0.39 is 65.5 Å². The van der Waals surface area contributed by atoms with Gasteiger partial charge in [-0.05, 0) is 34.5 Å². The lowest BCUT2D eigenvalue weighted by Crippen LogP contribution is -2.69. The third-order valence-corrected chi connectivity index (χ3v) is 15.4. The van der Waals surface area contributed by atoms with Gasteiger partial charge in [0.2, 0.25) is 0 Å². The number of carbonyl (C=O) groups excluding carboxylic acids is 2. The molecule has 290 valence electrons. The molecule has 16 heteroatoms. The van der Waals surface area contributed by atoms with Crippen molar-refractivity contribution in [2.75, 3.05) is 25.3 Å². The Hall–Kier alpha value is -4.84. The van der Waals surface area contributed by atoms with Crippen LogP contribution >= 0.6 is 0 Å². The molecule has 0 aliphatic carbocycles. The van der Waals surface area contributed by atoms with Gasteiger partial charge in [0, 0.05) is 19.6 Å². The first-order chi connectivity index (χ1) is 26.1. The number of methoxy groups -OCH3 is 1. The quantitative estimate of drug-likeness (QED) is 0.103. The van der Waals surface area contributed by atoms with Gasteiger partial charge in [0.1, 0.15) is 24.1 Å². The summed E-state index contributed by atoms with van der Waals surface area (Å²) in [6.07, 6.45) is -1.13. The number of aromatic nitrogens is 4. The highest BCUT2D eigenvalue weighted by atomic mass is 32.2. The predicted octanol–water partition coefficient (Wildman–Crippen LogP) is 4.23. The number of hydrogen-bond acceptors (Lipinski definition) is 12. The van der Waals surface area contributed by atoms with E-state index in [0.717, 1.165) is 16.6 Å². The molecular formula is C39H45N5O9SSi. The van der Waals surface area contributed by atoms with Crippen molar-refractivity contribution in [1.82, 2.24) is 19.5 Å². The fourth-order valence-electron chi connectivity index (χ4n) is 7.43. The molecule has 0 bridgehead atoms. The third kappa shape index (κ3) is 7.83. The number of rotatable bonds is 13. The molecule has 0 radical (unpaired) electrons.